The van der Waals surface area contributed by atoms with Crippen LogP contribution in [0.3, 0.4) is 0 Å². The van der Waals surface area contributed by atoms with Crippen molar-refractivity contribution in [3.8, 4) is 0 Å². The van der Waals surface area contributed by atoms with Gasteiger partial charge in [0.25, 0.3) is 5.91 Å². The van der Waals surface area contributed by atoms with E-state index in [1.807, 2.05) is 50.2 Å². The Hall–Kier alpha value is -3.74. The summed E-state index contributed by atoms with van der Waals surface area (Å²) in [5.74, 6) is -0.759. The number of hydrogen-bond donors (Lipinski definition) is 1. The average molecular weight is 490 g/mol. The van der Waals surface area contributed by atoms with E-state index in [1.165, 1.54) is 12.1 Å². The smallest absolute Gasteiger partial charge is 0.258 e. The topological polar surface area (TPSA) is 69.7 Å². The Morgan fingerprint density at radius 2 is 1.75 bits per heavy atom. The molecule has 0 aromatic heterocycles. The summed E-state index contributed by atoms with van der Waals surface area (Å²) in [6.07, 6.45) is 1.91. The quantitative estimate of drug-likeness (QED) is 0.410. The predicted octanol–water partition coefficient (Wildman–Crippen LogP) is 5.05. The van der Waals surface area contributed by atoms with Crippen LogP contribution in [0.15, 0.2) is 60.7 Å². The van der Waals surface area contributed by atoms with Gasteiger partial charge in [-0.2, -0.15) is 0 Å². The highest BCUT2D eigenvalue weighted by molar-refractivity contribution is 6.25. The van der Waals surface area contributed by atoms with Crippen molar-refractivity contribution in [2.75, 3.05) is 18.0 Å². The van der Waals surface area contributed by atoms with E-state index in [0.717, 1.165) is 28.4 Å². The third kappa shape index (κ3) is 5.25. The van der Waals surface area contributed by atoms with Crippen molar-refractivity contribution in [1.82, 2.24) is 10.2 Å². The van der Waals surface area contributed by atoms with Crippen LogP contribution >= 0.6 is 0 Å². The lowest BCUT2D eigenvalue weighted by Gasteiger charge is -2.31. The van der Waals surface area contributed by atoms with Gasteiger partial charge in [-0.3, -0.25) is 14.4 Å². The molecule has 0 fully saturated rings. The number of carbonyl (C=O) groups is 3. The second-order valence-electron chi connectivity index (χ2n) is 9.10. The number of carbonyl (C=O) groups excluding carboxylic acids is 3. The molecule has 36 heavy (non-hydrogen) atoms. The summed E-state index contributed by atoms with van der Waals surface area (Å²) < 4.78 is 13.4. The molecule has 3 amide bonds. The fourth-order valence-electron chi connectivity index (χ4n) is 4.81. The first kappa shape index (κ1) is 25.4. The van der Waals surface area contributed by atoms with E-state index in [9.17, 15) is 18.8 Å². The van der Waals surface area contributed by atoms with E-state index in [1.54, 1.807) is 21.9 Å². The Morgan fingerprint density at radius 3 is 2.44 bits per heavy atom. The number of benzene rings is 3. The standard InChI is InChI=1S/C29H32FN3O3/c1-3-17-31-28(35)24(4-2)33(19-20-13-15-22(30)16-14-20)26(34)12-7-18-32-25-11-6-9-21-8-5-10-23(27(21)25)29(32)36/h5-6,8-11,13-16,24H,3-4,7,12,17-19H2,1-2H3,(H,31,35). The lowest BCUT2D eigenvalue weighted by atomic mass is 10.1. The minimum absolute atomic E-state index is 0.0530. The first-order valence-corrected chi connectivity index (χ1v) is 12.6. The molecule has 7 heteroatoms. The second-order valence-corrected chi connectivity index (χ2v) is 9.10. The SMILES string of the molecule is CCCNC(=O)C(CC)N(Cc1ccc(F)cc1)C(=O)CCCN1C(=O)c2cccc3cccc1c23. The van der Waals surface area contributed by atoms with Crippen LogP contribution in [-0.2, 0) is 16.1 Å². The number of halogens is 1. The lowest BCUT2D eigenvalue weighted by Crippen LogP contribution is -2.49. The minimum Gasteiger partial charge on any atom is -0.354 e. The zero-order chi connectivity index (χ0) is 25.7. The van der Waals surface area contributed by atoms with Crippen molar-refractivity contribution in [3.05, 3.63) is 77.6 Å². The molecule has 0 aliphatic carbocycles. The highest BCUT2D eigenvalue weighted by atomic mass is 19.1. The van der Waals surface area contributed by atoms with Gasteiger partial charge in [0, 0.05) is 37.0 Å². The fraction of sp³-hybridized carbons (Fsp3) is 0.345. The Labute approximate surface area is 211 Å². The van der Waals surface area contributed by atoms with Gasteiger partial charge in [0.2, 0.25) is 11.8 Å². The van der Waals surface area contributed by atoms with E-state index in [0.29, 0.717) is 31.5 Å². The normalized spacial score (nSPS) is 13.2. The molecule has 3 aromatic carbocycles. The first-order valence-electron chi connectivity index (χ1n) is 12.6. The van der Waals surface area contributed by atoms with Crippen LogP contribution in [-0.4, -0.2) is 41.8 Å². The maximum absolute atomic E-state index is 13.4. The van der Waals surface area contributed by atoms with Crippen LogP contribution in [0.5, 0.6) is 0 Å². The molecule has 1 aliphatic heterocycles. The average Bonchev–Trinajstić information content (AvgIpc) is 3.16. The number of nitrogens with one attached hydrogen (secondary N) is 1. The fourth-order valence-corrected chi connectivity index (χ4v) is 4.81. The van der Waals surface area contributed by atoms with E-state index in [2.05, 4.69) is 5.32 Å². The zero-order valence-electron chi connectivity index (χ0n) is 20.8. The van der Waals surface area contributed by atoms with Gasteiger partial charge in [-0.1, -0.05) is 50.2 Å². The maximum atomic E-state index is 13.4. The number of amides is 3. The van der Waals surface area contributed by atoms with Gasteiger partial charge >= 0.3 is 0 Å². The molecular weight excluding hydrogens is 457 g/mol. The molecule has 1 N–H and O–H groups in total. The highest BCUT2D eigenvalue weighted by Crippen LogP contribution is 2.37. The third-order valence-corrected chi connectivity index (χ3v) is 6.62. The highest BCUT2D eigenvalue weighted by Gasteiger charge is 2.31. The van der Waals surface area contributed by atoms with Crippen LogP contribution < -0.4 is 10.2 Å². The molecule has 0 radical (unpaired) electrons. The number of anilines is 1. The van der Waals surface area contributed by atoms with Gasteiger partial charge in [0.1, 0.15) is 11.9 Å². The molecule has 1 heterocycles. The summed E-state index contributed by atoms with van der Waals surface area (Å²) in [5.41, 5.74) is 2.31. The molecule has 0 saturated heterocycles. The van der Waals surface area contributed by atoms with Gasteiger partial charge in [-0.25, -0.2) is 4.39 Å². The Kier molecular flexibility index (Phi) is 7.98. The molecule has 4 rings (SSSR count). The second kappa shape index (κ2) is 11.3. The van der Waals surface area contributed by atoms with Crippen LogP contribution in [0.1, 0.15) is 55.5 Å². The van der Waals surface area contributed by atoms with Crippen molar-refractivity contribution in [2.24, 2.45) is 0 Å². The van der Waals surface area contributed by atoms with E-state index < -0.39 is 6.04 Å². The molecule has 1 aliphatic rings. The molecule has 188 valence electrons. The molecule has 0 spiro atoms. The minimum atomic E-state index is -0.625. The summed E-state index contributed by atoms with van der Waals surface area (Å²) >= 11 is 0. The summed E-state index contributed by atoms with van der Waals surface area (Å²) in [7, 11) is 0. The number of nitrogens with zero attached hydrogens (tertiary/aromatic N) is 2. The molecule has 0 bridgehead atoms. The van der Waals surface area contributed by atoms with Gasteiger partial charge in [0.15, 0.2) is 0 Å². The third-order valence-electron chi connectivity index (χ3n) is 6.62. The summed E-state index contributed by atoms with van der Waals surface area (Å²) in [5, 5.41) is 4.87. The summed E-state index contributed by atoms with van der Waals surface area (Å²) in [4.78, 5) is 42.7. The van der Waals surface area contributed by atoms with E-state index in [-0.39, 0.29) is 36.5 Å². The van der Waals surface area contributed by atoms with Crippen LogP contribution in [0.2, 0.25) is 0 Å². The summed E-state index contributed by atoms with van der Waals surface area (Å²) in [6, 6.07) is 16.9. The molecule has 0 saturated carbocycles. The van der Waals surface area contributed by atoms with Crippen molar-refractivity contribution >= 4 is 34.2 Å². The Morgan fingerprint density at radius 1 is 1.03 bits per heavy atom. The largest absolute Gasteiger partial charge is 0.354 e. The van der Waals surface area contributed by atoms with Crippen LogP contribution in [0, 0.1) is 5.82 Å². The first-order chi connectivity index (χ1) is 17.4. The predicted molar refractivity (Wildman–Crippen MR) is 139 cm³/mol. The van der Waals surface area contributed by atoms with Gasteiger partial charge in [-0.05, 0) is 54.5 Å². The van der Waals surface area contributed by atoms with Gasteiger partial charge in [-0.15, -0.1) is 0 Å². The number of hydrogen-bond acceptors (Lipinski definition) is 3. The molecular formula is C29H32FN3O3. The molecule has 6 nitrogen and oxygen atoms in total. The van der Waals surface area contributed by atoms with E-state index >= 15 is 0 Å². The Balaban J connectivity index is 1.47. The molecule has 1 atom stereocenters. The van der Waals surface area contributed by atoms with Crippen LogP contribution in [0.4, 0.5) is 10.1 Å². The van der Waals surface area contributed by atoms with Crippen molar-refractivity contribution in [1.29, 1.82) is 0 Å². The van der Waals surface area contributed by atoms with E-state index in [4.69, 9.17) is 0 Å². The van der Waals surface area contributed by atoms with Gasteiger partial charge < -0.3 is 15.1 Å². The summed E-state index contributed by atoms with van der Waals surface area (Å²) in [6.45, 7) is 5.01. The van der Waals surface area contributed by atoms with Gasteiger partial charge in [0.05, 0.1) is 5.69 Å². The van der Waals surface area contributed by atoms with Crippen molar-refractivity contribution in [3.63, 3.8) is 0 Å². The van der Waals surface area contributed by atoms with Crippen molar-refractivity contribution in [2.45, 2.75) is 52.1 Å². The maximum Gasteiger partial charge on any atom is 0.258 e. The lowest BCUT2D eigenvalue weighted by molar-refractivity contribution is -0.141. The molecule has 1 unspecified atom stereocenters. The van der Waals surface area contributed by atoms with Crippen LogP contribution in [0.25, 0.3) is 10.8 Å². The molecule has 3 aromatic rings. The monoisotopic (exact) mass is 489 g/mol. The Bertz CT molecular complexity index is 1250. The van der Waals surface area contributed by atoms with Crippen molar-refractivity contribution < 1.29 is 18.8 Å². The number of rotatable bonds is 11. The zero-order valence-corrected chi connectivity index (χ0v) is 20.8.